The second kappa shape index (κ2) is 12.6. The zero-order chi connectivity index (χ0) is 13.7. The molecule has 0 atom stereocenters. The van der Waals surface area contributed by atoms with E-state index in [2.05, 4.69) is 53.2 Å². The molecule has 7 heteroatoms. The molecule has 111 valence electrons. The van der Waals surface area contributed by atoms with E-state index in [1.807, 2.05) is 0 Å². The molecule has 1 fully saturated rings. The van der Waals surface area contributed by atoms with Crippen LogP contribution < -0.4 is 27.0 Å². The molecule has 0 spiro atoms. The van der Waals surface area contributed by atoms with Gasteiger partial charge in [0.25, 0.3) is 0 Å². The summed E-state index contributed by atoms with van der Waals surface area (Å²) in [6, 6.07) is 0. The molecule has 5 nitrogen and oxygen atoms in total. The van der Waals surface area contributed by atoms with Gasteiger partial charge in [0, 0.05) is 44.8 Å². The van der Waals surface area contributed by atoms with Crippen molar-refractivity contribution < 1.29 is 14.8 Å². The van der Waals surface area contributed by atoms with E-state index in [-0.39, 0.29) is 5.54 Å². The molecular formula is C11H27ClCoN5+. The molecule has 0 unspecified atom stereocenters. The normalized spacial score (nSPS) is 23.3. The fraction of sp³-hybridized carbons (Fsp3) is 1.00. The van der Waals surface area contributed by atoms with Crippen molar-refractivity contribution in [2.75, 3.05) is 52.4 Å². The minimum absolute atomic E-state index is 0.163. The third-order valence-electron chi connectivity index (χ3n) is 2.72. The van der Waals surface area contributed by atoms with Crippen molar-refractivity contribution in [3.8, 4) is 0 Å². The van der Waals surface area contributed by atoms with Crippen molar-refractivity contribution >= 4 is 10.1 Å². The molecule has 0 aromatic rings. The number of nitrogens with one attached hydrogen (secondary N) is 4. The first kappa shape index (κ1) is 18.6. The van der Waals surface area contributed by atoms with E-state index in [1.165, 1.54) is 6.42 Å². The molecule has 0 bridgehead atoms. The van der Waals surface area contributed by atoms with Crippen molar-refractivity contribution in [2.45, 2.75) is 18.9 Å². The summed E-state index contributed by atoms with van der Waals surface area (Å²) >= 11 is 3.03. The maximum absolute atomic E-state index is 6.16. The van der Waals surface area contributed by atoms with Gasteiger partial charge in [-0.15, -0.1) is 0 Å². The van der Waals surface area contributed by atoms with Crippen LogP contribution in [-0.2, 0) is 14.8 Å². The average Bonchev–Trinajstić information content (AvgIpc) is 2.37. The molecule has 0 radical (unpaired) electrons. The van der Waals surface area contributed by atoms with Gasteiger partial charge < -0.3 is 27.0 Å². The molecule has 1 aliphatic heterocycles. The predicted octanol–water partition coefficient (Wildman–Crippen LogP) is -0.847. The van der Waals surface area contributed by atoms with Crippen LogP contribution in [-0.4, -0.2) is 57.9 Å². The summed E-state index contributed by atoms with van der Waals surface area (Å²) in [5.41, 5.74) is 6.00. The summed E-state index contributed by atoms with van der Waals surface area (Å²) in [7, 11) is 4.33. The van der Waals surface area contributed by atoms with Gasteiger partial charge in [0.05, 0.1) is 0 Å². The molecule has 0 amide bonds. The molecule has 1 aliphatic rings. The third-order valence-corrected chi connectivity index (χ3v) is 2.72. The molecule has 0 aromatic carbocycles. The van der Waals surface area contributed by atoms with Gasteiger partial charge in [-0.05, 0) is 26.4 Å². The Morgan fingerprint density at radius 1 is 0.833 bits per heavy atom. The molecule has 1 heterocycles. The number of nitrogens with two attached hydrogens (primary N) is 1. The molecule has 1 saturated heterocycles. The number of rotatable bonds is 0. The Bertz CT molecular complexity index is 167. The van der Waals surface area contributed by atoms with E-state index in [4.69, 9.17) is 5.73 Å². The fourth-order valence-corrected chi connectivity index (χ4v) is 1.75. The zero-order valence-corrected chi connectivity index (χ0v) is 12.9. The fourth-order valence-electron chi connectivity index (χ4n) is 1.75. The Morgan fingerprint density at radius 2 is 1.22 bits per heavy atom. The van der Waals surface area contributed by atoms with E-state index in [9.17, 15) is 0 Å². The van der Waals surface area contributed by atoms with Crippen LogP contribution in [0.25, 0.3) is 0 Å². The van der Waals surface area contributed by atoms with E-state index in [0.717, 1.165) is 52.4 Å². The Hall–Kier alpha value is 0.596. The molecular weight excluding hydrogens is 297 g/mol. The number of hydrogen-bond donors (Lipinski definition) is 5. The van der Waals surface area contributed by atoms with Crippen LogP contribution in [0.5, 0.6) is 0 Å². The quantitative estimate of drug-likeness (QED) is 0.402. The van der Waals surface area contributed by atoms with Crippen molar-refractivity contribution in [1.82, 2.24) is 21.3 Å². The van der Waals surface area contributed by atoms with E-state index in [1.54, 1.807) is 0 Å². The van der Waals surface area contributed by atoms with Gasteiger partial charge in [0.15, 0.2) is 0 Å². The van der Waals surface area contributed by atoms with Crippen molar-refractivity contribution in [3.05, 3.63) is 0 Å². The van der Waals surface area contributed by atoms with Crippen LogP contribution in [0.4, 0.5) is 0 Å². The van der Waals surface area contributed by atoms with Crippen LogP contribution in [0, 0.1) is 0 Å². The first-order chi connectivity index (χ1) is 8.71. The topological polar surface area (TPSA) is 74.1 Å². The van der Waals surface area contributed by atoms with Crippen LogP contribution in [0.2, 0.25) is 0 Å². The molecule has 18 heavy (non-hydrogen) atoms. The van der Waals surface area contributed by atoms with E-state index < -0.39 is 0 Å². The summed E-state index contributed by atoms with van der Waals surface area (Å²) in [5, 5.41) is 13.6. The maximum atomic E-state index is 6.16. The number of halogens is 1. The monoisotopic (exact) mass is 323 g/mol. The summed E-state index contributed by atoms with van der Waals surface area (Å²) in [6.07, 6.45) is 1.19. The van der Waals surface area contributed by atoms with E-state index in [0.29, 0.717) is 0 Å². The van der Waals surface area contributed by atoms with Crippen molar-refractivity contribution in [1.29, 1.82) is 0 Å². The predicted molar refractivity (Wildman–Crippen MR) is 74.5 cm³/mol. The molecule has 6 N–H and O–H groups in total. The van der Waals surface area contributed by atoms with Gasteiger partial charge >= 0.3 is 25.0 Å². The molecule has 0 saturated carbocycles. The first-order valence-corrected chi connectivity index (χ1v) is 7.88. The van der Waals surface area contributed by atoms with Gasteiger partial charge in [-0.2, -0.15) is 0 Å². The summed E-state index contributed by atoms with van der Waals surface area (Å²) in [5.74, 6) is 0. The third kappa shape index (κ3) is 11.7. The Kier molecular flexibility index (Phi) is 13.0. The van der Waals surface area contributed by atoms with Crippen molar-refractivity contribution in [2.24, 2.45) is 5.73 Å². The van der Waals surface area contributed by atoms with Crippen molar-refractivity contribution in [3.63, 3.8) is 0 Å². The molecule has 1 rings (SSSR count). The van der Waals surface area contributed by atoms with Gasteiger partial charge in [0.2, 0.25) is 0 Å². The summed E-state index contributed by atoms with van der Waals surface area (Å²) in [6.45, 7) is 9.97. The van der Waals surface area contributed by atoms with Crippen LogP contribution in [0.3, 0.4) is 0 Å². The number of hydrogen-bond acceptors (Lipinski definition) is 5. The Balaban J connectivity index is 0.00000137. The summed E-state index contributed by atoms with van der Waals surface area (Å²) < 4.78 is 0. The zero-order valence-electron chi connectivity index (χ0n) is 11.2. The first-order valence-electron chi connectivity index (χ1n) is 6.45. The average molecular weight is 324 g/mol. The Morgan fingerprint density at radius 3 is 1.67 bits per heavy atom. The molecule has 0 aromatic heterocycles. The van der Waals surface area contributed by atoms with Gasteiger partial charge in [-0.25, -0.2) is 0 Å². The van der Waals surface area contributed by atoms with E-state index >= 15 is 0 Å². The molecule has 0 aliphatic carbocycles. The van der Waals surface area contributed by atoms with Crippen LogP contribution >= 0.6 is 10.1 Å². The second-order valence-corrected chi connectivity index (χ2v) is 4.86. The second-order valence-electron chi connectivity index (χ2n) is 4.86. The van der Waals surface area contributed by atoms with Crippen LogP contribution in [0.1, 0.15) is 13.3 Å². The van der Waals surface area contributed by atoms with Gasteiger partial charge in [-0.3, -0.25) is 0 Å². The van der Waals surface area contributed by atoms with Gasteiger partial charge in [-0.1, -0.05) is 0 Å². The summed E-state index contributed by atoms with van der Waals surface area (Å²) in [4.78, 5) is 0. The standard InChI is InChI=1S/C11H27N5.ClH.Co/c1-11(12)9-15-7-5-13-3-2-4-14-6-8-16-10-11;;/h13-16H,2-10,12H2,1H3;1H;/q;;+2/p-1. The van der Waals surface area contributed by atoms with Gasteiger partial charge in [0.1, 0.15) is 0 Å². The SMILES string of the molecule is CC1(N)CNCCNCCCNCCNC1.[Cl][Co+]. The Labute approximate surface area is 123 Å². The minimum atomic E-state index is -0.163. The van der Waals surface area contributed by atoms with Crippen LogP contribution in [0.15, 0.2) is 0 Å².